The second-order valence-corrected chi connectivity index (χ2v) is 8.69. The lowest BCUT2D eigenvalue weighted by Gasteiger charge is -2.31. The van der Waals surface area contributed by atoms with Gasteiger partial charge in [-0.05, 0) is 52.7 Å². The highest BCUT2D eigenvalue weighted by molar-refractivity contribution is 7.89. The summed E-state index contributed by atoms with van der Waals surface area (Å²) in [6.07, 6.45) is -0.306. The molecule has 1 aliphatic rings. The molecule has 0 aromatic heterocycles. The van der Waals surface area contributed by atoms with Gasteiger partial charge in [0.2, 0.25) is 10.0 Å². The highest BCUT2D eigenvalue weighted by atomic mass is 32.2. The van der Waals surface area contributed by atoms with Crippen LogP contribution in [0.1, 0.15) is 39.2 Å². The fourth-order valence-corrected chi connectivity index (χ4v) is 5.15. The van der Waals surface area contributed by atoms with Gasteiger partial charge in [-0.1, -0.05) is 17.7 Å². The minimum atomic E-state index is -3.69. The molecule has 6 nitrogen and oxygen atoms in total. The average Bonchev–Trinajstić information content (AvgIpc) is 2.74. The predicted molar refractivity (Wildman–Crippen MR) is 90.9 cm³/mol. The molecule has 1 aliphatic heterocycles. The van der Waals surface area contributed by atoms with Crippen molar-refractivity contribution in [3.8, 4) is 0 Å². The monoisotopic (exact) mass is 357 g/mol. The Morgan fingerprint density at radius 2 is 1.88 bits per heavy atom. The average molecular weight is 357 g/mol. The SMILES string of the molecule is Cc1ccc(S(=O)(=O)N2[C@@H](C)[C@H](CC[C@H](O)CO)OC2(C)C)cc1. The van der Waals surface area contributed by atoms with E-state index in [0.717, 1.165) is 5.56 Å². The first kappa shape index (κ1) is 19.3. The molecular weight excluding hydrogens is 330 g/mol. The lowest BCUT2D eigenvalue weighted by Crippen LogP contribution is -2.47. The number of benzene rings is 1. The van der Waals surface area contributed by atoms with E-state index in [1.54, 1.807) is 38.1 Å². The van der Waals surface area contributed by atoms with Gasteiger partial charge in [-0.2, -0.15) is 4.31 Å². The predicted octanol–water partition coefficient (Wildman–Crippen LogP) is 1.64. The Morgan fingerprint density at radius 3 is 2.42 bits per heavy atom. The van der Waals surface area contributed by atoms with E-state index in [-0.39, 0.29) is 23.6 Å². The summed E-state index contributed by atoms with van der Waals surface area (Å²) in [6, 6.07) is 6.40. The van der Waals surface area contributed by atoms with Crippen molar-refractivity contribution in [3.05, 3.63) is 29.8 Å². The molecule has 1 fully saturated rings. The quantitative estimate of drug-likeness (QED) is 0.808. The van der Waals surface area contributed by atoms with Crippen molar-refractivity contribution in [2.24, 2.45) is 0 Å². The summed E-state index contributed by atoms with van der Waals surface area (Å²) in [4.78, 5) is 0.243. The molecule has 0 unspecified atom stereocenters. The number of nitrogens with zero attached hydrogens (tertiary/aromatic N) is 1. The van der Waals surface area contributed by atoms with Crippen LogP contribution in [-0.4, -0.2) is 53.5 Å². The molecule has 24 heavy (non-hydrogen) atoms. The van der Waals surface area contributed by atoms with Crippen molar-refractivity contribution in [3.63, 3.8) is 0 Å². The Morgan fingerprint density at radius 1 is 1.29 bits per heavy atom. The summed E-state index contributed by atoms with van der Waals surface area (Å²) in [6.45, 7) is 6.88. The summed E-state index contributed by atoms with van der Waals surface area (Å²) in [5.41, 5.74) is 0.0209. The van der Waals surface area contributed by atoms with E-state index >= 15 is 0 Å². The third-order valence-electron chi connectivity index (χ3n) is 4.45. The third-order valence-corrected chi connectivity index (χ3v) is 6.61. The molecule has 0 bridgehead atoms. The van der Waals surface area contributed by atoms with Crippen molar-refractivity contribution >= 4 is 10.0 Å². The Labute approximate surface area is 144 Å². The van der Waals surface area contributed by atoms with E-state index in [4.69, 9.17) is 9.84 Å². The molecule has 0 radical (unpaired) electrons. The minimum absolute atomic E-state index is 0.243. The molecule has 1 saturated heterocycles. The molecule has 3 atom stereocenters. The number of aliphatic hydroxyl groups excluding tert-OH is 2. The van der Waals surface area contributed by atoms with Gasteiger partial charge in [-0.15, -0.1) is 0 Å². The number of rotatable bonds is 6. The highest BCUT2D eigenvalue weighted by Crippen LogP contribution is 2.38. The van der Waals surface area contributed by atoms with E-state index in [9.17, 15) is 13.5 Å². The van der Waals surface area contributed by atoms with Gasteiger partial charge in [0.15, 0.2) is 0 Å². The first-order chi connectivity index (χ1) is 11.1. The van der Waals surface area contributed by atoms with Crippen LogP contribution >= 0.6 is 0 Å². The smallest absolute Gasteiger partial charge is 0.245 e. The Bertz CT molecular complexity index is 656. The maximum absolute atomic E-state index is 13.1. The largest absolute Gasteiger partial charge is 0.394 e. The molecule has 7 heteroatoms. The topological polar surface area (TPSA) is 87.1 Å². The fraction of sp³-hybridized carbons (Fsp3) is 0.647. The molecule has 0 spiro atoms. The number of aryl methyl sites for hydroxylation is 1. The zero-order valence-electron chi connectivity index (χ0n) is 14.6. The van der Waals surface area contributed by atoms with Crippen LogP contribution in [0.5, 0.6) is 0 Å². The van der Waals surface area contributed by atoms with Gasteiger partial charge in [0.05, 0.1) is 29.8 Å². The maximum atomic E-state index is 13.1. The zero-order valence-corrected chi connectivity index (χ0v) is 15.5. The van der Waals surface area contributed by atoms with Gasteiger partial charge in [-0.25, -0.2) is 8.42 Å². The van der Waals surface area contributed by atoms with Crippen molar-refractivity contribution in [1.82, 2.24) is 4.31 Å². The first-order valence-electron chi connectivity index (χ1n) is 8.17. The molecule has 0 aliphatic carbocycles. The van der Waals surface area contributed by atoms with E-state index < -0.39 is 21.9 Å². The van der Waals surface area contributed by atoms with Gasteiger partial charge in [0.1, 0.15) is 5.72 Å². The molecule has 136 valence electrons. The molecule has 1 heterocycles. The lowest BCUT2D eigenvalue weighted by atomic mass is 10.1. The van der Waals surface area contributed by atoms with Crippen LogP contribution in [0.15, 0.2) is 29.2 Å². The molecular formula is C17H27NO5S. The summed E-state index contributed by atoms with van der Waals surface area (Å²) in [5.74, 6) is 0. The Balaban J connectivity index is 2.26. The van der Waals surface area contributed by atoms with Gasteiger partial charge < -0.3 is 14.9 Å². The summed E-state index contributed by atoms with van der Waals surface area (Å²) < 4.78 is 33.5. The summed E-state index contributed by atoms with van der Waals surface area (Å²) in [5, 5.41) is 18.5. The van der Waals surface area contributed by atoms with Gasteiger partial charge in [-0.3, -0.25) is 0 Å². The van der Waals surface area contributed by atoms with Crippen LogP contribution in [-0.2, 0) is 14.8 Å². The number of aliphatic hydroxyl groups is 2. The summed E-state index contributed by atoms with van der Waals surface area (Å²) in [7, 11) is -3.69. The van der Waals surface area contributed by atoms with Gasteiger partial charge in [0.25, 0.3) is 0 Å². The minimum Gasteiger partial charge on any atom is -0.394 e. The number of ether oxygens (including phenoxy) is 1. The second-order valence-electron chi connectivity index (χ2n) is 6.87. The molecule has 0 amide bonds. The highest BCUT2D eigenvalue weighted by Gasteiger charge is 2.51. The molecule has 1 aromatic rings. The summed E-state index contributed by atoms with van der Waals surface area (Å²) >= 11 is 0. The third kappa shape index (κ3) is 3.81. The maximum Gasteiger partial charge on any atom is 0.245 e. The standard InChI is InChI=1S/C17H27NO5S/c1-12-5-8-15(9-6-12)24(21,22)18-13(2)16(23-17(18,3)4)10-7-14(20)11-19/h5-6,8-9,13-14,16,19-20H,7,10-11H2,1-4H3/t13-,14-,16-/m0/s1. The van der Waals surface area contributed by atoms with Crippen molar-refractivity contribution in [2.45, 2.75) is 69.4 Å². The number of sulfonamides is 1. The zero-order chi connectivity index (χ0) is 18.1. The van der Waals surface area contributed by atoms with Crippen LogP contribution in [0.2, 0.25) is 0 Å². The van der Waals surface area contributed by atoms with Crippen LogP contribution in [0.4, 0.5) is 0 Å². The number of hydrogen-bond donors (Lipinski definition) is 2. The van der Waals surface area contributed by atoms with Gasteiger partial charge >= 0.3 is 0 Å². The normalized spacial score (nSPS) is 25.8. The molecule has 0 saturated carbocycles. The van der Waals surface area contributed by atoms with Crippen molar-refractivity contribution in [1.29, 1.82) is 0 Å². The molecule has 2 N–H and O–H groups in total. The van der Waals surface area contributed by atoms with Crippen LogP contribution in [0, 0.1) is 6.92 Å². The molecule has 2 rings (SSSR count). The van der Waals surface area contributed by atoms with Gasteiger partial charge in [0, 0.05) is 0 Å². The van der Waals surface area contributed by atoms with E-state index in [1.807, 2.05) is 13.8 Å². The Hall–Kier alpha value is -0.990. The second kappa shape index (κ2) is 7.09. The van der Waals surface area contributed by atoms with E-state index in [1.165, 1.54) is 4.31 Å². The first-order valence-corrected chi connectivity index (χ1v) is 9.61. The fourth-order valence-electron chi connectivity index (χ4n) is 3.24. The van der Waals surface area contributed by atoms with E-state index in [0.29, 0.717) is 12.8 Å². The van der Waals surface area contributed by atoms with Crippen molar-refractivity contribution < 1.29 is 23.4 Å². The number of hydrogen-bond acceptors (Lipinski definition) is 5. The molecule has 1 aromatic carbocycles. The van der Waals surface area contributed by atoms with Crippen molar-refractivity contribution in [2.75, 3.05) is 6.61 Å². The van der Waals surface area contributed by atoms with Crippen LogP contribution in [0.3, 0.4) is 0 Å². The van der Waals surface area contributed by atoms with Crippen LogP contribution in [0.25, 0.3) is 0 Å². The Kier molecular flexibility index (Phi) is 5.71. The van der Waals surface area contributed by atoms with E-state index in [2.05, 4.69) is 0 Å². The lowest BCUT2D eigenvalue weighted by molar-refractivity contribution is -0.0557. The van der Waals surface area contributed by atoms with Crippen LogP contribution < -0.4 is 0 Å².